The molecule has 1 aliphatic heterocycles. The molecule has 0 fully saturated rings. The SMILES string of the molecule is COc1ccc(OCC(=O)NCC(=O)Nc2ccc3c(c2)N(C)C(=O)CO3)cc1. The Balaban J connectivity index is 1.46. The Morgan fingerprint density at radius 1 is 1.10 bits per heavy atom. The van der Waals surface area contributed by atoms with Gasteiger partial charge >= 0.3 is 0 Å². The van der Waals surface area contributed by atoms with Crippen LogP contribution >= 0.6 is 0 Å². The fraction of sp³-hybridized carbons (Fsp3) is 0.250. The Hall–Kier alpha value is -3.75. The Kier molecular flexibility index (Phi) is 6.18. The van der Waals surface area contributed by atoms with Gasteiger partial charge in [-0.2, -0.15) is 0 Å². The molecule has 0 saturated heterocycles. The first-order chi connectivity index (χ1) is 14.0. The molecule has 0 saturated carbocycles. The lowest BCUT2D eigenvalue weighted by atomic mass is 10.2. The van der Waals surface area contributed by atoms with Crippen molar-refractivity contribution in [1.29, 1.82) is 0 Å². The molecular formula is C20H21N3O6. The first kappa shape index (κ1) is 20.0. The van der Waals surface area contributed by atoms with Crippen molar-refractivity contribution in [2.24, 2.45) is 0 Å². The second-order valence-corrected chi connectivity index (χ2v) is 6.21. The van der Waals surface area contributed by atoms with E-state index in [1.54, 1.807) is 56.6 Å². The number of benzene rings is 2. The van der Waals surface area contributed by atoms with E-state index >= 15 is 0 Å². The molecule has 9 nitrogen and oxygen atoms in total. The molecule has 0 unspecified atom stereocenters. The van der Waals surface area contributed by atoms with Gasteiger partial charge in [-0.15, -0.1) is 0 Å². The van der Waals surface area contributed by atoms with Gasteiger partial charge in [-0.1, -0.05) is 0 Å². The quantitative estimate of drug-likeness (QED) is 0.724. The minimum Gasteiger partial charge on any atom is -0.497 e. The maximum atomic E-state index is 12.1. The molecule has 3 amide bonds. The number of nitrogens with one attached hydrogen (secondary N) is 2. The van der Waals surface area contributed by atoms with Gasteiger partial charge in [-0.3, -0.25) is 14.4 Å². The standard InChI is InChI=1S/C20H21N3O6/c1-23-16-9-13(3-8-17(16)29-12-20(23)26)22-18(24)10-21-19(25)11-28-15-6-4-14(27-2)5-7-15/h3-9H,10-12H2,1-2H3,(H,21,25)(H,22,24). The first-order valence-electron chi connectivity index (χ1n) is 8.83. The molecule has 0 spiro atoms. The summed E-state index contributed by atoms with van der Waals surface area (Å²) in [6.45, 7) is -0.449. The molecular weight excluding hydrogens is 378 g/mol. The maximum Gasteiger partial charge on any atom is 0.264 e. The van der Waals surface area contributed by atoms with E-state index in [4.69, 9.17) is 14.2 Å². The predicted molar refractivity (Wildman–Crippen MR) is 105 cm³/mol. The highest BCUT2D eigenvalue weighted by Crippen LogP contribution is 2.33. The minimum atomic E-state index is -0.430. The Morgan fingerprint density at radius 3 is 2.55 bits per heavy atom. The Labute approximate surface area is 167 Å². The number of carbonyl (C=O) groups is 3. The highest BCUT2D eigenvalue weighted by Gasteiger charge is 2.22. The number of nitrogens with zero attached hydrogens (tertiary/aromatic N) is 1. The number of carbonyl (C=O) groups excluding carboxylic acids is 3. The second-order valence-electron chi connectivity index (χ2n) is 6.21. The van der Waals surface area contributed by atoms with Crippen molar-refractivity contribution in [3.63, 3.8) is 0 Å². The molecule has 2 aromatic rings. The van der Waals surface area contributed by atoms with Crippen molar-refractivity contribution in [2.75, 3.05) is 44.1 Å². The Bertz CT molecular complexity index is 913. The van der Waals surface area contributed by atoms with Crippen LogP contribution in [0.25, 0.3) is 0 Å². The predicted octanol–water partition coefficient (Wildman–Crippen LogP) is 1.18. The average Bonchev–Trinajstić information content (AvgIpc) is 2.74. The van der Waals surface area contributed by atoms with Crippen molar-refractivity contribution in [2.45, 2.75) is 0 Å². The van der Waals surface area contributed by atoms with Gasteiger partial charge < -0.3 is 29.7 Å². The topological polar surface area (TPSA) is 106 Å². The third-order valence-corrected chi connectivity index (χ3v) is 4.20. The maximum absolute atomic E-state index is 12.1. The van der Waals surface area contributed by atoms with Gasteiger partial charge in [0.15, 0.2) is 13.2 Å². The summed E-state index contributed by atoms with van der Waals surface area (Å²) in [5.41, 5.74) is 1.05. The largest absolute Gasteiger partial charge is 0.497 e. The van der Waals surface area contributed by atoms with Crippen molar-refractivity contribution >= 4 is 29.1 Å². The number of fused-ring (bicyclic) bond motifs is 1. The fourth-order valence-electron chi connectivity index (χ4n) is 2.61. The number of ether oxygens (including phenoxy) is 3. The van der Waals surface area contributed by atoms with Gasteiger partial charge in [0.25, 0.3) is 11.8 Å². The summed E-state index contributed by atoms with van der Waals surface area (Å²) in [5, 5.41) is 5.15. The third-order valence-electron chi connectivity index (χ3n) is 4.20. The van der Waals surface area contributed by atoms with E-state index < -0.39 is 11.8 Å². The number of methoxy groups -OCH3 is 1. The van der Waals surface area contributed by atoms with Crippen LogP contribution in [0.4, 0.5) is 11.4 Å². The van der Waals surface area contributed by atoms with Crippen LogP contribution in [0.15, 0.2) is 42.5 Å². The zero-order valence-corrected chi connectivity index (χ0v) is 16.1. The lowest BCUT2D eigenvalue weighted by molar-refractivity contribution is -0.125. The molecule has 0 aromatic heterocycles. The molecule has 0 aliphatic carbocycles. The number of anilines is 2. The van der Waals surface area contributed by atoms with Crippen molar-refractivity contribution < 1.29 is 28.6 Å². The zero-order chi connectivity index (χ0) is 20.8. The van der Waals surface area contributed by atoms with E-state index in [1.165, 1.54) is 4.90 Å². The summed E-state index contributed by atoms with van der Waals surface area (Å²) in [5.74, 6) is 0.746. The third kappa shape index (κ3) is 5.16. The van der Waals surface area contributed by atoms with Crippen LogP contribution < -0.4 is 29.7 Å². The minimum absolute atomic E-state index is 0.0141. The molecule has 2 N–H and O–H groups in total. The molecule has 1 heterocycles. The molecule has 0 atom stereocenters. The van der Waals surface area contributed by atoms with Gasteiger partial charge in [0.1, 0.15) is 17.2 Å². The lowest BCUT2D eigenvalue weighted by Crippen LogP contribution is -2.36. The lowest BCUT2D eigenvalue weighted by Gasteiger charge is -2.26. The van der Waals surface area contributed by atoms with Crippen LogP contribution in [0.1, 0.15) is 0 Å². The smallest absolute Gasteiger partial charge is 0.264 e. The van der Waals surface area contributed by atoms with Crippen molar-refractivity contribution in [3.05, 3.63) is 42.5 Å². The van der Waals surface area contributed by atoms with E-state index in [0.29, 0.717) is 28.6 Å². The van der Waals surface area contributed by atoms with E-state index in [0.717, 1.165) is 0 Å². The normalized spacial score (nSPS) is 12.5. The van der Waals surface area contributed by atoms with Gasteiger partial charge in [-0.25, -0.2) is 0 Å². The Morgan fingerprint density at radius 2 is 1.83 bits per heavy atom. The van der Waals surface area contributed by atoms with Crippen LogP contribution in [0.2, 0.25) is 0 Å². The van der Waals surface area contributed by atoms with Gasteiger partial charge in [0.2, 0.25) is 5.91 Å². The highest BCUT2D eigenvalue weighted by molar-refractivity contribution is 5.99. The molecule has 152 valence electrons. The van der Waals surface area contributed by atoms with Crippen LogP contribution in [0.5, 0.6) is 17.2 Å². The number of hydrogen-bond donors (Lipinski definition) is 2. The molecule has 9 heteroatoms. The number of rotatable bonds is 7. The van der Waals surface area contributed by atoms with Crippen molar-refractivity contribution in [1.82, 2.24) is 5.32 Å². The van der Waals surface area contributed by atoms with E-state index in [9.17, 15) is 14.4 Å². The van der Waals surface area contributed by atoms with Gasteiger partial charge in [0.05, 0.1) is 19.3 Å². The van der Waals surface area contributed by atoms with E-state index in [2.05, 4.69) is 10.6 Å². The van der Waals surface area contributed by atoms with E-state index in [1.807, 2.05) is 0 Å². The van der Waals surface area contributed by atoms with Crippen molar-refractivity contribution in [3.8, 4) is 17.2 Å². The second kappa shape index (κ2) is 8.96. The number of hydrogen-bond acceptors (Lipinski definition) is 6. The summed E-state index contributed by atoms with van der Waals surface area (Å²) in [6.07, 6.45) is 0. The number of amides is 3. The number of likely N-dealkylation sites (N-methyl/N-ethyl adjacent to an activating group) is 1. The summed E-state index contributed by atoms with van der Waals surface area (Å²) >= 11 is 0. The van der Waals surface area contributed by atoms with E-state index in [-0.39, 0.29) is 25.7 Å². The molecule has 0 bridgehead atoms. The molecule has 29 heavy (non-hydrogen) atoms. The van der Waals surface area contributed by atoms with Crippen LogP contribution in [-0.4, -0.2) is 51.6 Å². The monoisotopic (exact) mass is 399 g/mol. The summed E-state index contributed by atoms with van der Waals surface area (Å²) in [4.78, 5) is 37.1. The first-order valence-corrected chi connectivity index (χ1v) is 8.83. The molecule has 0 radical (unpaired) electrons. The zero-order valence-electron chi connectivity index (χ0n) is 16.1. The molecule has 2 aromatic carbocycles. The van der Waals surface area contributed by atoms with Crippen LogP contribution in [0.3, 0.4) is 0 Å². The molecule has 1 aliphatic rings. The van der Waals surface area contributed by atoms with Crippen LogP contribution in [0, 0.1) is 0 Å². The van der Waals surface area contributed by atoms with Gasteiger partial charge in [0, 0.05) is 12.7 Å². The average molecular weight is 399 g/mol. The summed E-state index contributed by atoms with van der Waals surface area (Å²) < 4.78 is 15.7. The fourth-order valence-corrected chi connectivity index (χ4v) is 2.61. The summed E-state index contributed by atoms with van der Waals surface area (Å²) in [6, 6.07) is 11.8. The highest BCUT2D eigenvalue weighted by atomic mass is 16.5. The van der Waals surface area contributed by atoms with Gasteiger partial charge in [-0.05, 0) is 42.5 Å². The molecule has 3 rings (SSSR count). The summed E-state index contributed by atoms with van der Waals surface area (Å²) in [7, 11) is 3.20. The van der Waals surface area contributed by atoms with Crippen LogP contribution in [-0.2, 0) is 14.4 Å².